The zero-order chi connectivity index (χ0) is 16.5. The molecular formula is C23H21N. The summed E-state index contributed by atoms with van der Waals surface area (Å²) in [4.78, 5) is 4.76. The fourth-order valence-electron chi connectivity index (χ4n) is 4.32. The van der Waals surface area contributed by atoms with Gasteiger partial charge in [-0.25, -0.2) is 0 Å². The first kappa shape index (κ1) is 14.0. The van der Waals surface area contributed by atoms with E-state index in [2.05, 4.69) is 69.3 Å². The molecule has 0 aromatic heterocycles. The van der Waals surface area contributed by atoms with Crippen LogP contribution in [0.4, 0.5) is 5.69 Å². The number of benzene rings is 3. The van der Waals surface area contributed by atoms with Gasteiger partial charge in [-0.15, -0.1) is 0 Å². The lowest BCUT2D eigenvalue weighted by Crippen LogP contribution is -2.22. The highest BCUT2D eigenvalue weighted by molar-refractivity contribution is 6.03. The van der Waals surface area contributed by atoms with Crippen LogP contribution in [0.15, 0.2) is 53.5 Å². The van der Waals surface area contributed by atoms with Gasteiger partial charge in [-0.05, 0) is 70.5 Å². The second-order valence-corrected chi connectivity index (χ2v) is 7.67. The highest BCUT2D eigenvalue weighted by Gasteiger charge is 2.32. The predicted octanol–water partition coefficient (Wildman–Crippen LogP) is 5.99. The highest BCUT2D eigenvalue weighted by Crippen LogP contribution is 2.43. The molecule has 1 aliphatic carbocycles. The van der Waals surface area contributed by atoms with E-state index >= 15 is 0 Å². The summed E-state index contributed by atoms with van der Waals surface area (Å²) < 4.78 is 0. The van der Waals surface area contributed by atoms with Crippen LogP contribution >= 0.6 is 0 Å². The summed E-state index contributed by atoms with van der Waals surface area (Å²) in [5.74, 6) is 0. The summed E-state index contributed by atoms with van der Waals surface area (Å²) in [6, 6.07) is 18.2. The van der Waals surface area contributed by atoms with Crippen molar-refractivity contribution in [2.45, 2.75) is 39.0 Å². The topological polar surface area (TPSA) is 12.4 Å². The minimum Gasteiger partial charge on any atom is -0.257 e. The zero-order valence-electron chi connectivity index (χ0n) is 14.5. The minimum atomic E-state index is 0.0280. The molecule has 0 spiro atoms. The molecule has 118 valence electrons. The molecule has 0 saturated carbocycles. The lowest BCUT2D eigenvalue weighted by Gasteiger charge is -2.21. The number of hydrogen-bond acceptors (Lipinski definition) is 1. The molecule has 1 aliphatic heterocycles. The van der Waals surface area contributed by atoms with Gasteiger partial charge < -0.3 is 0 Å². The normalized spacial score (nSPS) is 17.2. The fraction of sp³-hybridized carbons (Fsp3) is 0.261. The molecule has 0 N–H and O–H groups in total. The van der Waals surface area contributed by atoms with E-state index in [0.29, 0.717) is 0 Å². The van der Waals surface area contributed by atoms with Crippen LogP contribution in [-0.4, -0.2) is 5.71 Å². The van der Waals surface area contributed by atoms with Gasteiger partial charge in [0.05, 0.1) is 5.69 Å². The van der Waals surface area contributed by atoms with Gasteiger partial charge in [-0.3, -0.25) is 4.99 Å². The van der Waals surface area contributed by atoms with Crippen molar-refractivity contribution in [3.8, 4) is 11.1 Å². The van der Waals surface area contributed by atoms with E-state index in [1.807, 2.05) is 0 Å². The Hall–Kier alpha value is -2.41. The first-order valence-electron chi connectivity index (χ1n) is 8.80. The molecule has 5 rings (SSSR count). The summed E-state index contributed by atoms with van der Waals surface area (Å²) in [5, 5.41) is 2.89. The van der Waals surface area contributed by atoms with Crippen molar-refractivity contribution >= 4 is 22.2 Å². The first-order valence-corrected chi connectivity index (χ1v) is 8.80. The van der Waals surface area contributed by atoms with Crippen LogP contribution in [0, 0.1) is 0 Å². The van der Waals surface area contributed by atoms with Crippen molar-refractivity contribution in [1.29, 1.82) is 0 Å². The maximum atomic E-state index is 4.76. The molecular weight excluding hydrogens is 290 g/mol. The maximum absolute atomic E-state index is 4.76. The van der Waals surface area contributed by atoms with Gasteiger partial charge in [-0.2, -0.15) is 0 Å². The van der Waals surface area contributed by atoms with E-state index in [0.717, 1.165) is 5.69 Å². The molecule has 0 radical (unpaired) electrons. The Bertz CT molecular complexity index is 1030. The number of aliphatic imine (C=N–C) groups is 1. The maximum Gasteiger partial charge on any atom is 0.0671 e. The fourth-order valence-corrected chi connectivity index (χ4v) is 4.32. The summed E-state index contributed by atoms with van der Waals surface area (Å²) in [5.41, 5.74) is 9.38. The lowest BCUT2D eigenvalue weighted by atomic mass is 9.81. The van der Waals surface area contributed by atoms with Crippen LogP contribution < -0.4 is 0 Å². The second-order valence-electron chi connectivity index (χ2n) is 7.67. The van der Waals surface area contributed by atoms with Gasteiger partial charge in [-0.1, -0.05) is 50.2 Å². The van der Waals surface area contributed by atoms with E-state index in [1.165, 1.54) is 57.1 Å². The number of nitrogens with zero attached hydrogens (tertiary/aromatic N) is 1. The van der Waals surface area contributed by atoms with Crippen molar-refractivity contribution < 1.29 is 0 Å². The van der Waals surface area contributed by atoms with Gasteiger partial charge in [0.25, 0.3) is 0 Å². The van der Waals surface area contributed by atoms with Gasteiger partial charge in [0.2, 0.25) is 0 Å². The molecule has 3 aromatic rings. The number of aryl methyl sites for hydroxylation is 2. The first-order chi connectivity index (χ1) is 11.6. The third-order valence-electron chi connectivity index (χ3n) is 6.05. The smallest absolute Gasteiger partial charge is 0.0671 e. The van der Waals surface area contributed by atoms with Crippen molar-refractivity contribution in [2.75, 3.05) is 0 Å². The third-order valence-corrected chi connectivity index (χ3v) is 6.05. The van der Waals surface area contributed by atoms with Gasteiger partial charge in [0.1, 0.15) is 0 Å². The van der Waals surface area contributed by atoms with Gasteiger partial charge in [0, 0.05) is 11.1 Å². The summed E-state index contributed by atoms with van der Waals surface area (Å²) in [6.45, 7) is 6.68. The van der Waals surface area contributed by atoms with E-state index in [-0.39, 0.29) is 5.41 Å². The van der Waals surface area contributed by atoms with Crippen molar-refractivity contribution in [3.05, 3.63) is 65.2 Å². The zero-order valence-corrected chi connectivity index (χ0v) is 14.5. The minimum absolute atomic E-state index is 0.0280. The van der Waals surface area contributed by atoms with Crippen LogP contribution in [0.1, 0.15) is 37.5 Å². The Labute approximate surface area is 143 Å². The summed E-state index contributed by atoms with van der Waals surface area (Å²) >= 11 is 0. The van der Waals surface area contributed by atoms with Crippen molar-refractivity contribution in [2.24, 2.45) is 4.99 Å². The van der Waals surface area contributed by atoms with E-state index < -0.39 is 0 Å². The Balaban J connectivity index is 1.76. The monoisotopic (exact) mass is 311 g/mol. The average molecular weight is 311 g/mol. The van der Waals surface area contributed by atoms with Crippen LogP contribution in [-0.2, 0) is 18.3 Å². The third kappa shape index (κ3) is 1.73. The van der Waals surface area contributed by atoms with Gasteiger partial charge >= 0.3 is 0 Å². The molecule has 0 amide bonds. The Morgan fingerprint density at radius 3 is 2.54 bits per heavy atom. The molecule has 0 bridgehead atoms. The highest BCUT2D eigenvalue weighted by atomic mass is 14.8. The molecule has 0 unspecified atom stereocenters. The summed E-state index contributed by atoms with van der Waals surface area (Å²) in [6.07, 6.45) is 2.36. The number of hydrogen-bond donors (Lipinski definition) is 0. The van der Waals surface area contributed by atoms with E-state index in [1.54, 1.807) is 0 Å². The number of fused-ring (bicyclic) bond motifs is 1. The van der Waals surface area contributed by atoms with E-state index in [9.17, 15) is 0 Å². The Kier molecular flexibility index (Phi) is 2.66. The van der Waals surface area contributed by atoms with Gasteiger partial charge in [0.15, 0.2) is 0 Å². The molecule has 2 aliphatic rings. The van der Waals surface area contributed by atoms with Crippen LogP contribution in [0.5, 0.6) is 0 Å². The predicted molar refractivity (Wildman–Crippen MR) is 103 cm³/mol. The van der Waals surface area contributed by atoms with Crippen LogP contribution in [0.2, 0.25) is 0 Å². The molecule has 24 heavy (non-hydrogen) atoms. The molecule has 3 aromatic carbocycles. The van der Waals surface area contributed by atoms with E-state index in [4.69, 9.17) is 4.99 Å². The standard InChI is InChI=1S/C23H21N/c1-14-23(2,3)20-13-17(10-12-21(20)24-14)18-11-9-16-8-7-15-5-4-6-19(18)22(15)16/h4-6,9-13H,7-8H2,1-3H3. The van der Waals surface area contributed by atoms with Crippen LogP contribution in [0.3, 0.4) is 0 Å². The quantitative estimate of drug-likeness (QED) is 0.523. The molecule has 0 fully saturated rings. The lowest BCUT2D eigenvalue weighted by molar-refractivity contribution is 0.733. The molecule has 0 saturated heterocycles. The molecule has 1 heterocycles. The largest absolute Gasteiger partial charge is 0.257 e. The Morgan fingerprint density at radius 2 is 1.71 bits per heavy atom. The molecule has 1 nitrogen and oxygen atoms in total. The molecule has 0 atom stereocenters. The Morgan fingerprint density at radius 1 is 0.917 bits per heavy atom. The number of rotatable bonds is 1. The SMILES string of the molecule is CC1=Nc2ccc(-c3ccc4c5c(cccc35)CC4)cc2C1(C)C. The van der Waals surface area contributed by atoms with Crippen molar-refractivity contribution in [1.82, 2.24) is 0 Å². The second kappa shape index (κ2) is 4.57. The molecule has 1 heteroatoms. The van der Waals surface area contributed by atoms with Crippen LogP contribution in [0.25, 0.3) is 21.9 Å². The average Bonchev–Trinajstić information content (AvgIpc) is 3.09. The summed E-state index contributed by atoms with van der Waals surface area (Å²) in [7, 11) is 0. The van der Waals surface area contributed by atoms with Crippen molar-refractivity contribution in [3.63, 3.8) is 0 Å².